The Balaban J connectivity index is 0.000000173. The summed E-state index contributed by atoms with van der Waals surface area (Å²) < 4.78 is 5.65. The average Bonchev–Trinajstić information content (AvgIpc) is 3.80. The molecule has 2 aliphatic rings. The summed E-state index contributed by atoms with van der Waals surface area (Å²) in [6, 6.07) is 27.4. The first-order chi connectivity index (χ1) is 23.4. The van der Waals surface area contributed by atoms with Gasteiger partial charge in [-0.05, 0) is 101 Å². The summed E-state index contributed by atoms with van der Waals surface area (Å²) in [5.74, 6) is 9.46. The molecule has 2 fully saturated rings. The van der Waals surface area contributed by atoms with Crippen LogP contribution in [0.2, 0.25) is 0 Å². The van der Waals surface area contributed by atoms with Crippen molar-refractivity contribution in [2.24, 2.45) is 0 Å². The standard InChI is InChI=1S/C27H15.C15H16N3O3.Fe/c1-2-7-18(6-1)14-15-19-16-17-25-23-12-4-9-20-8-3-11-22(26(20)23)24-13-5-10-21(19)27(24)25;1-10(19)16-14-7-13(8-15(18-14)17-11(2)20)21-9-12-5-3-4-6-12;/h1-13,16-17H;3-8H,9H2,1-2H3,(H2,16,17,18,19,20);/q;;+2. The zero-order valence-corrected chi connectivity index (χ0v) is 28.0. The average molecular weight is 682 g/mol. The molecule has 8 rings (SSSR count). The molecular weight excluding hydrogens is 650 g/mol. The molecule has 0 bridgehead atoms. The molecule has 0 unspecified atom stereocenters. The largest absolute Gasteiger partial charge is 2.00 e. The molecule has 2 saturated carbocycles. The molecule has 238 valence electrons. The van der Waals surface area contributed by atoms with E-state index in [0.29, 0.717) is 24.0 Å². The second-order valence-corrected chi connectivity index (χ2v) is 11.5. The molecule has 2 aliphatic carbocycles. The van der Waals surface area contributed by atoms with E-state index in [0.717, 1.165) is 17.4 Å². The Morgan fingerprint density at radius 3 is 1.80 bits per heavy atom. The fourth-order valence-corrected chi connectivity index (χ4v) is 6.11. The summed E-state index contributed by atoms with van der Waals surface area (Å²) in [5, 5.41) is 15.6. The number of pyridine rings is 1. The van der Waals surface area contributed by atoms with Crippen molar-refractivity contribution in [1.29, 1.82) is 0 Å². The van der Waals surface area contributed by atoms with Gasteiger partial charge in [0.1, 0.15) is 17.4 Å². The minimum absolute atomic E-state index is 0. The topological polar surface area (TPSA) is 80.3 Å². The van der Waals surface area contributed by atoms with Gasteiger partial charge < -0.3 is 15.4 Å². The van der Waals surface area contributed by atoms with Gasteiger partial charge in [-0.15, -0.1) is 0 Å². The van der Waals surface area contributed by atoms with Gasteiger partial charge in [0.15, 0.2) is 0 Å². The van der Waals surface area contributed by atoms with E-state index in [1.807, 2.05) is 38.5 Å². The summed E-state index contributed by atoms with van der Waals surface area (Å²) in [5.41, 5.74) is 1.09. The van der Waals surface area contributed by atoms with E-state index >= 15 is 0 Å². The molecule has 1 aromatic heterocycles. The van der Waals surface area contributed by atoms with Crippen molar-refractivity contribution in [3.63, 3.8) is 0 Å². The maximum Gasteiger partial charge on any atom is 2.00 e. The fraction of sp³-hybridized carbons (Fsp3) is 0.0714. The SMILES string of the molecule is C(#Cc1ccc2c3cccc4cccc(c5cccc1c52)c43)[C]1[CH][CH][CH][CH]1.CC(=O)Nc1cc(OC[C]2[CH][CH][CH][CH]2)cc(NC(C)=O)n1.[Fe+2]. The predicted octanol–water partition coefficient (Wildman–Crippen LogP) is 8.27. The number of nitrogens with zero attached hydrogens (tertiary/aromatic N) is 1. The van der Waals surface area contributed by atoms with E-state index in [1.54, 1.807) is 12.1 Å². The number of hydrogen-bond donors (Lipinski definition) is 2. The fourth-order valence-electron chi connectivity index (χ4n) is 6.11. The number of fused-ring (bicyclic) bond motifs is 2. The van der Waals surface area contributed by atoms with Gasteiger partial charge in [-0.1, -0.05) is 72.5 Å². The Morgan fingerprint density at radius 1 is 0.653 bits per heavy atom. The van der Waals surface area contributed by atoms with Crippen molar-refractivity contribution in [2.75, 3.05) is 17.2 Å². The van der Waals surface area contributed by atoms with E-state index in [-0.39, 0.29) is 28.9 Å². The number of amides is 2. The molecule has 2 amide bonds. The van der Waals surface area contributed by atoms with Gasteiger partial charge in [0.05, 0.1) is 12.5 Å². The van der Waals surface area contributed by atoms with E-state index in [9.17, 15) is 9.59 Å². The van der Waals surface area contributed by atoms with Crippen molar-refractivity contribution in [3.05, 3.63) is 148 Å². The number of nitrogens with one attached hydrogen (secondary N) is 2. The van der Waals surface area contributed by atoms with Crippen LogP contribution in [0.3, 0.4) is 0 Å². The summed E-state index contributed by atoms with van der Waals surface area (Å²) in [7, 11) is 0. The first-order valence-corrected chi connectivity index (χ1v) is 15.7. The summed E-state index contributed by atoms with van der Waals surface area (Å²) in [6.07, 6.45) is 15.9. The second kappa shape index (κ2) is 15.3. The third-order valence-electron chi connectivity index (χ3n) is 8.07. The number of anilines is 2. The van der Waals surface area contributed by atoms with Crippen LogP contribution < -0.4 is 15.4 Å². The Labute approximate surface area is 298 Å². The zero-order valence-electron chi connectivity index (χ0n) is 26.9. The van der Waals surface area contributed by atoms with Crippen LogP contribution in [0.1, 0.15) is 19.4 Å². The molecule has 0 spiro atoms. The van der Waals surface area contributed by atoms with E-state index in [4.69, 9.17) is 4.74 Å². The number of rotatable bonds is 5. The van der Waals surface area contributed by atoms with Crippen molar-refractivity contribution in [3.8, 4) is 17.6 Å². The van der Waals surface area contributed by atoms with Crippen molar-refractivity contribution >= 4 is 66.5 Å². The van der Waals surface area contributed by atoms with Gasteiger partial charge in [-0.3, -0.25) is 9.59 Å². The monoisotopic (exact) mass is 681 g/mol. The molecule has 49 heavy (non-hydrogen) atoms. The number of benzene rings is 5. The third-order valence-corrected chi connectivity index (χ3v) is 8.07. The quantitative estimate of drug-likeness (QED) is 0.0831. The molecule has 6 aromatic rings. The van der Waals surface area contributed by atoms with Gasteiger partial charge in [-0.25, -0.2) is 4.98 Å². The number of carbonyl (C=O) groups excluding carboxylic acids is 2. The van der Waals surface area contributed by atoms with E-state index in [1.165, 1.54) is 56.9 Å². The van der Waals surface area contributed by atoms with Crippen LogP contribution in [0.5, 0.6) is 5.75 Å². The zero-order chi connectivity index (χ0) is 33.0. The molecule has 1 heterocycles. The van der Waals surface area contributed by atoms with Crippen LogP contribution in [0.4, 0.5) is 11.6 Å². The van der Waals surface area contributed by atoms with Gasteiger partial charge in [0, 0.05) is 37.5 Å². The van der Waals surface area contributed by atoms with Crippen LogP contribution in [0, 0.1) is 75.0 Å². The maximum atomic E-state index is 11.1. The molecule has 0 saturated heterocycles. The predicted molar refractivity (Wildman–Crippen MR) is 194 cm³/mol. The minimum atomic E-state index is -0.246. The molecule has 0 atom stereocenters. The maximum absolute atomic E-state index is 11.1. The third kappa shape index (κ3) is 7.67. The molecule has 6 nitrogen and oxygen atoms in total. The molecular formula is C42H31FeN3O3+2. The Kier molecular flexibility index (Phi) is 10.7. The second-order valence-electron chi connectivity index (χ2n) is 11.5. The number of aromatic nitrogens is 1. The molecule has 10 radical (unpaired) electrons. The van der Waals surface area contributed by atoms with Crippen LogP contribution in [0.25, 0.3) is 43.1 Å². The number of hydrogen-bond acceptors (Lipinski definition) is 4. The van der Waals surface area contributed by atoms with Crippen molar-refractivity contribution < 1.29 is 31.4 Å². The summed E-state index contributed by atoms with van der Waals surface area (Å²) >= 11 is 0. The van der Waals surface area contributed by atoms with E-state index < -0.39 is 0 Å². The molecule has 5 aromatic carbocycles. The Morgan fingerprint density at radius 2 is 1.18 bits per heavy atom. The van der Waals surface area contributed by atoms with Gasteiger partial charge in [0.25, 0.3) is 0 Å². The Bertz CT molecular complexity index is 2100. The van der Waals surface area contributed by atoms with Crippen LogP contribution in [-0.2, 0) is 26.7 Å². The molecule has 0 aliphatic heterocycles. The summed E-state index contributed by atoms with van der Waals surface area (Å²) in [6.45, 7) is 3.17. The van der Waals surface area contributed by atoms with Gasteiger partial charge in [0.2, 0.25) is 11.8 Å². The number of carbonyl (C=O) groups is 2. The number of ether oxygens (including phenoxy) is 1. The van der Waals surface area contributed by atoms with Crippen LogP contribution in [-0.4, -0.2) is 23.4 Å². The van der Waals surface area contributed by atoms with Gasteiger partial charge in [-0.2, -0.15) is 0 Å². The smallest absolute Gasteiger partial charge is 0.493 e. The van der Waals surface area contributed by atoms with E-state index in [2.05, 4.69) is 107 Å². The normalized spacial score (nSPS) is 14.7. The summed E-state index contributed by atoms with van der Waals surface area (Å²) in [4.78, 5) is 26.4. The van der Waals surface area contributed by atoms with Crippen molar-refractivity contribution in [1.82, 2.24) is 4.98 Å². The first-order valence-electron chi connectivity index (χ1n) is 15.7. The molecule has 2 N–H and O–H groups in total. The minimum Gasteiger partial charge on any atom is -0.493 e. The molecule has 7 heteroatoms. The van der Waals surface area contributed by atoms with Crippen molar-refractivity contribution in [2.45, 2.75) is 13.8 Å². The van der Waals surface area contributed by atoms with Crippen LogP contribution in [0.15, 0.2) is 78.9 Å². The van der Waals surface area contributed by atoms with Crippen LogP contribution >= 0.6 is 0 Å². The Hall–Kier alpha value is -4.63. The van der Waals surface area contributed by atoms with Gasteiger partial charge >= 0.3 is 17.1 Å². The first kappa shape index (κ1) is 34.2.